The molecule has 0 aliphatic heterocycles. The molecule has 24 heavy (non-hydrogen) atoms. The molecule has 1 heterocycles. The van der Waals surface area contributed by atoms with Crippen LogP contribution in [-0.4, -0.2) is 36.3 Å². The van der Waals surface area contributed by atoms with Crippen molar-refractivity contribution in [1.82, 2.24) is 4.90 Å². The summed E-state index contributed by atoms with van der Waals surface area (Å²) in [6.07, 6.45) is 7.72. The van der Waals surface area contributed by atoms with E-state index >= 15 is 0 Å². The predicted molar refractivity (Wildman–Crippen MR) is 97.6 cm³/mol. The van der Waals surface area contributed by atoms with Gasteiger partial charge in [-0.2, -0.15) is 0 Å². The number of amides is 2. The average molecular weight is 350 g/mol. The number of aryl methyl sites for hydroxylation is 1. The highest BCUT2D eigenvalue weighted by molar-refractivity contribution is 7.17. The standard InChI is InChI=1S/C18H27N3O2S/c1-2-9-21(10-12-7-8-12)11-15(22)20-18-16(17(19)23)13-5-3-4-6-14(13)24-18/h12H,2-11H2,1H3,(H2,19,23)(H,20,22). The molecule has 2 amide bonds. The lowest BCUT2D eigenvalue weighted by Gasteiger charge is -2.20. The van der Waals surface area contributed by atoms with Gasteiger partial charge in [-0.3, -0.25) is 14.5 Å². The van der Waals surface area contributed by atoms with Gasteiger partial charge in [0.05, 0.1) is 12.1 Å². The first-order valence-electron chi connectivity index (χ1n) is 9.05. The minimum absolute atomic E-state index is 0.0369. The quantitative estimate of drug-likeness (QED) is 0.758. The summed E-state index contributed by atoms with van der Waals surface area (Å²) in [6, 6.07) is 0. The van der Waals surface area contributed by atoms with E-state index < -0.39 is 5.91 Å². The highest BCUT2D eigenvalue weighted by Crippen LogP contribution is 2.38. The molecule has 1 saturated carbocycles. The van der Waals surface area contributed by atoms with E-state index in [-0.39, 0.29) is 5.91 Å². The number of nitrogens with two attached hydrogens (primary N) is 1. The fourth-order valence-electron chi connectivity index (χ4n) is 3.50. The Morgan fingerprint density at radius 2 is 2.04 bits per heavy atom. The number of hydrogen-bond donors (Lipinski definition) is 2. The Hall–Kier alpha value is -1.40. The summed E-state index contributed by atoms with van der Waals surface area (Å²) in [5.74, 6) is 0.304. The number of nitrogens with zero attached hydrogens (tertiary/aromatic N) is 1. The summed E-state index contributed by atoms with van der Waals surface area (Å²) in [5.41, 5.74) is 7.20. The Kier molecular flexibility index (Phi) is 5.56. The van der Waals surface area contributed by atoms with Gasteiger partial charge in [-0.1, -0.05) is 6.92 Å². The van der Waals surface area contributed by atoms with Gasteiger partial charge in [0.15, 0.2) is 0 Å². The van der Waals surface area contributed by atoms with E-state index in [1.54, 1.807) is 0 Å². The molecule has 1 fully saturated rings. The van der Waals surface area contributed by atoms with Crippen LogP contribution in [0, 0.1) is 5.92 Å². The van der Waals surface area contributed by atoms with Crippen LogP contribution in [-0.2, 0) is 17.6 Å². The van der Waals surface area contributed by atoms with E-state index in [9.17, 15) is 9.59 Å². The number of thiophene rings is 1. The fourth-order valence-corrected chi connectivity index (χ4v) is 4.81. The van der Waals surface area contributed by atoms with Crippen molar-refractivity contribution in [2.24, 2.45) is 11.7 Å². The molecule has 0 saturated heterocycles. The van der Waals surface area contributed by atoms with Crippen LogP contribution >= 0.6 is 11.3 Å². The second-order valence-electron chi connectivity index (χ2n) is 7.01. The molecule has 3 rings (SSSR count). The lowest BCUT2D eigenvalue weighted by Crippen LogP contribution is -2.35. The van der Waals surface area contributed by atoms with E-state index in [1.165, 1.54) is 29.1 Å². The van der Waals surface area contributed by atoms with Crippen molar-refractivity contribution >= 4 is 28.2 Å². The Bertz CT molecular complexity index is 622. The van der Waals surface area contributed by atoms with Crippen molar-refractivity contribution < 1.29 is 9.59 Å². The maximum Gasteiger partial charge on any atom is 0.251 e. The van der Waals surface area contributed by atoms with Crippen molar-refractivity contribution in [3.8, 4) is 0 Å². The third kappa shape index (κ3) is 4.16. The smallest absolute Gasteiger partial charge is 0.251 e. The molecule has 0 spiro atoms. The van der Waals surface area contributed by atoms with Gasteiger partial charge < -0.3 is 11.1 Å². The Morgan fingerprint density at radius 1 is 1.29 bits per heavy atom. The third-order valence-electron chi connectivity index (χ3n) is 4.79. The van der Waals surface area contributed by atoms with Crippen molar-refractivity contribution in [2.75, 3.05) is 25.0 Å². The molecule has 132 valence electrons. The van der Waals surface area contributed by atoms with Crippen LogP contribution in [0.25, 0.3) is 0 Å². The molecule has 0 unspecified atom stereocenters. The SMILES string of the molecule is CCCN(CC(=O)Nc1sc2c(c1C(N)=O)CCCC2)CC1CC1. The van der Waals surface area contributed by atoms with Crippen molar-refractivity contribution in [1.29, 1.82) is 0 Å². The first-order chi connectivity index (χ1) is 11.6. The molecular weight excluding hydrogens is 322 g/mol. The number of hydrogen-bond acceptors (Lipinski definition) is 4. The predicted octanol–water partition coefficient (Wildman–Crippen LogP) is 2.79. The van der Waals surface area contributed by atoms with Crippen molar-refractivity contribution in [2.45, 2.75) is 51.9 Å². The number of rotatable bonds is 8. The highest BCUT2D eigenvalue weighted by Gasteiger charge is 2.27. The zero-order chi connectivity index (χ0) is 17.1. The molecule has 1 aromatic rings. The number of anilines is 1. The van der Waals surface area contributed by atoms with E-state index in [0.29, 0.717) is 17.1 Å². The summed E-state index contributed by atoms with van der Waals surface area (Å²) in [4.78, 5) is 27.8. The normalized spacial score (nSPS) is 16.9. The molecule has 2 aliphatic carbocycles. The number of carbonyl (C=O) groups excluding carboxylic acids is 2. The summed E-state index contributed by atoms with van der Waals surface area (Å²) in [7, 11) is 0. The molecule has 0 bridgehead atoms. The van der Waals surface area contributed by atoms with Crippen LogP contribution in [0.4, 0.5) is 5.00 Å². The molecule has 2 aliphatic rings. The zero-order valence-corrected chi connectivity index (χ0v) is 15.2. The third-order valence-corrected chi connectivity index (χ3v) is 6.00. The summed E-state index contributed by atoms with van der Waals surface area (Å²) >= 11 is 1.53. The van der Waals surface area contributed by atoms with Gasteiger partial charge in [0.25, 0.3) is 5.91 Å². The second-order valence-corrected chi connectivity index (χ2v) is 8.11. The van der Waals surface area contributed by atoms with Gasteiger partial charge in [0, 0.05) is 11.4 Å². The molecular formula is C18H27N3O2S. The van der Waals surface area contributed by atoms with Crippen LogP contribution < -0.4 is 11.1 Å². The largest absolute Gasteiger partial charge is 0.365 e. The Labute approximate surface area is 147 Å². The molecule has 0 aromatic carbocycles. The van der Waals surface area contributed by atoms with Gasteiger partial charge in [0.1, 0.15) is 5.00 Å². The second kappa shape index (κ2) is 7.66. The van der Waals surface area contributed by atoms with E-state index in [2.05, 4.69) is 17.1 Å². The fraction of sp³-hybridized carbons (Fsp3) is 0.667. The van der Waals surface area contributed by atoms with Crippen LogP contribution in [0.3, 0.4) is 0 Å². The van der Waals surface area contributed by atoms with E-state index in [0.717, 1.165) is 56.7 Å². The maximum atomic E-state index is 12.5. The molecule has 1 aromatic heterocycles. The summed E-state index contributed by atoms with van der Waals surface area (Å²) in [6.45, 7) is 4.47. The maximum absolute atomic E-state index is 12.5. The summed E-state index contributed by atoms with van der Waals surface area (Å²) < 4.78 is 0. The first kappa shape index (κ1) is 17.4. The van der Waals surface area contributed by atoms with Gasteiger partial charge in [-0.05, 0) is 63.0 Å². The number of primary amides is 1. The van der Waals surface area contributed by atoms with Crippen LogP contribution in [0.15, 0.2) is 0 Å². The first-order valence-corrected chi connectivity index (χ1v) is 9.86. The molecule has 0 radical (unpaired) electrons. The minimum atomic E-state index is -0.423. The van der Waals surface area contributed by atoms with Gasteiger partial charge in [-0.15, -0.1) is 11.3 Å². The molecule has 3 N–H and O–H groups in total. The molecule has 5 nitrogen and oxygen atoms in total. The van der Waals surface area contributed by atoms with Gasteiger partial charge in [-0.25, -0.2) is 0 Å². The molecule has 0 atom stereocenters. The average Bonchev–Trinajstić information content (AvgIpc) is 3.25. The summed E-state index contributed by atoms with van der Waals surface area (Å²) in [5, 5.41) is 3.62. The topological polar surface area (TPSA) is 75.4 Å². The van der Waals surface area contributed by atoms with Crippen molar-refractivity contribution in [3.05, 3.63) is 16.0 Å². The zero-order valence-electron chi connectivity index (χ0n) is 14.4. The van der Waals surface area contributed by atoms with E-state index in [1.807, 2.05) is 0 Å². The van der Waals surface area contributed by atoms with Crippen molar-refractivity contribution in [3.63, 3.8) is 0 Å². The Morgan fingerprint density at radius 3 is 2.71 bits per heavy atom. The van der Waals surface area contributed by atoms with Crippen LogP contribution in [0.5, 0.6) is 0 Å². The monoisotopic (exact) mass is 349 g/mol. The number of carbonyl (C=O) groups is 2. The highest BCUT2D eigenvalue weighted by atomic mass is 32.1. The van der Waals surface area contributed by atoms with Crippen LogP contribution in [0.2, 0.25) is 0 Å². The number of nitrogens with one attached hydrogen (secondary N) is 1. The molecule has 6 heteroatoms. The Balaban J connectivity index is 1.68. The van der Waals surface area contributed by atoms with Gasteiger partial charge in [0.2, 0.25) is 5.91 Å². The number of fused-ring (bicyclic) bond motifs is 1. The van der Waals surface area contributed by atoms with Crippen LogP contribution in [0.1, 0.15) is 59.8 Å². The lowest BCUT2D eigenvalue weighted by molar-refractivity contribution is -0.117. The van der Waals surface area contributed by atoms with Gasteiger partial charge >= 0.3 is 0 Å². The lowest BCUT2D eigenvalue weighted by atomic mass is 9.95. The minimum Gasteiger partial charge on any atom is -0.365 e. The van der Waals surface area contributed by atoms with E-state index in [4.69, 9.17) is 5.73 Å².